The fourth-order valence-corrected chi connectivity index (χ4v) is 5.66. The van der Waals surface area contributed by atoms with Gasteiger partial charge in [0.1, 0.15) is 5.52 Å². The molecule has 0 spiro atoms. The molecule has 0 atom stereocenters. The van der Waals surface area contributed by atoms with E-state index in [0.717, 1.165) is 42.5 Å². The molecule has 9 nitrogen and oxygen atoms in total. The first-order chi connectivity index (χ1) is 17.5. The van der Waals surface area contributed by atoms with Crippen molar-refractivity contribution in [3.63, 3.8) is 0 Å². The molecule has 186 valence electrons. The minimum Gasteiger partial charge on any atom is -0.338 e. The number of piperazine rings is 1. The number of anilines is 3. The van der Waals surface area contributed by atoms with Crippen molar-refractivity contribution in [1.29, 1.82) is 0 Å². The smallest absolute Gasteiger partial charge is 0.245 e. The van der Waals surface area contributed by atoms with Crippen LogP contribution in [0.15, 0.2) is 48.7 Å². The monoisotopic (exact) mass is 504 g/mol. The average molecular weight is 505 g/mol. The van der Waals surface area contributed by atoms with Gasteiger partial charge in [-0.05, 0) is 49.6 Å². The lowest BCUT2D eigenvalue weighted by Crippen LogP contribution is -2.54. The summed E-state index contributed by atoms with van der Waals surface area (Å²) in [6.07, 6.45) is 5.84. The summed E-state index contributed by atoms with van der Waals surface area (Å²) in [5.41, 5.74) is 2.49. The van der Waals surface area contributed by atoms with Gasteiger partial charge >= 0.3 is 0 Å². The van der Waals surface area contributed by atoms with Gasteiger partial charge in [0.25, 0.3) is 0 Å². The molecule has 4 heterocycles. The van der Waals surface area contributed by atoms with Crippen molar-refractivity contribution in [2.75, 3.05) is 36.4 Å². The summed E-state index contributed by atoms with van der Waals surface area (Å²) in [7, 11) is 0. The maximum absolute atomic E-state index is 13.9. The van der Waals surface area contributed by atoms with E-state index in [1.54, 1.807) is 0 Å². The van der Waals surface area contributed by atoms with Crippen molar-refractivity contribution in [3.05, 3.63) is 64.9 Å². The molecular weight excluding hydrogens is 476 g/mol. The summed E-state index contributed by atoms with van der Waals surface area (Å²) in [4.78, 5) is 22.9. The number of nitrogens with zero attached hydrogens (tertiary/aromatic N) is 6. The van der Waals surface area contributed by atoms with Gasteiger partial charge in [0, 0.05) is 49.2 Å². The minimum atomic E-state index is -0.438. The maximum atomic E-state index is 13.9. The zero-order valence-electron chi connectivity index (χ0n) is 20.2. The van der Waals surface area contributed by atoms with Gasteiger partial charge in [0.2, 0.25) is 11.9 Å². The van der Waals surface area contributed by atoms with Gasteiger partial charge in [-0.25, -0.2) is 4.52 Å². The molecule has 2 N–H and O–H groups in total. The second kappa shape index (κ2) is 9.13. The molecule has 1 aromatic carbocycles. The summed E-state index contributed by atoms with van der Waals surface area (Å²) in [6.45, 7) is 4.59. The summed E-state index contributed by atoms with van der Waals surface area (Å²) in [6, 6.07) is 13.7. The Kier molecular flexibility index (Phi) is 5.79. The van der Waals surface area contributed by atoms with Gasteiger partial charge in [-0.1, -0.05) is 36.6 Å². The van der Waals surface area contributed by atoms with Gasteiger partial charge in [0.15, 0.2) is 11.6 Å². The zero-order valence-corrected chi connectivity index (χ0v) is 21.0. The lowest BCUT2D eigenvalue weighted by molar-refractivity contribution is -0.137. The van der Waals surface area contributed by atoms with Crippen molar-refractivity contribution in [1.82, 2.24) is 29.7 Å². The standard InChI is InChI=1S/C26H29ClN8O/c1-18-17-22(31-30-18)28-23-21-5-4-12-35(21)32-25(29-23)34-15-13-33(14-16-34)24(36)26(10-2-3-11-26)19-6-8-20(27)9-7-19/h4-9,12,17H,2-3,10-11,13-16H2,1H3,(H2,28,29,30,31,32). The minimum absolute atomic E-state index is 0.236. The van der Waals surface area contributed by atoms with E-state index in [-0.39, 0.29) is 5.91 Å². The molecule has 2 aliphatic rings. The number of aromatic amines is 1. The molecule has 0 unspecified atom stereocenters. The van der Waals surface area contributed by atoms with Crippen LogP contribution in [0.1, 0.15) is 36.9 Å². The van der Waals surface area contributed by atoms with Crippen LogP contribution in [0.3, 0.4) is 0 Å². The number of carbonyl (C=O) groups excluding carboxylic acids is 1. The first-order valence-corrected chi connectivity index (χ1v) is 12.8. The Morgan fingerprint density at radius 2 is 1.83 bits per heavy atom. The second-order valence-corrected chi connectivity index (χ2v) is 10.2. The number of nitrogens with one attached hydrogen (secondary N) is 2. The number of rotatable bonds is 5. The van der Waals surface area contributed by atoms with Crippen LogP contribution < -0.4 is 10.2 Å². The Bertz CT molecular complexity index is 1380. The molecule has 1 saturated carbocycles. The van der Waals surface area contributed by atoms with Crippen molar-refractivity contribution >= 4 is 40.6 Å². The summed E-state index contributed by atoms with van der Waals surface area (Å²) in [5, 5.41) is 16.0. The van der Waals surface area contributed by atoms with Gasteiger partial charge < -0.3 is 15.1 Å². The van der Waals surface area contributed by atoms with E-state index < -0.39 is 5.41 Å². The predicted octanol–water partition coefficient (Wildman–Crippen LogP) is 4.32. The number of amides is 1. The number of hydrogen-bond donors (Lipinski definition) is 2. The van der Waals surface area contributed by atoms with Gasteiger partial charge in [-0.2, -0.15) is 10.1 Å². The SMILES string of the molecule is Cc1cc(Nc2nc(N3CCN(C(=O)C4(c5ccc(Cl)cc5)CCCC4)CC3)nn3cccc23)n[nH]1. The number of carbonyl (C=O) groups is 1. The summed E-state index contributed by atoms with van der Waals surface area (Å²) in [5.74, 6) is 2.27. The molecular formula is C26H29ClN8O. The highest BCUT2D eigenvalue weighted by Crippen LogP contribution is 2.43. The highest BCUT2D eigenvalue weighted by Gasteiger charge is 2.45. The van der Waals surface area contributed by atoms with Crippen LogP contribution in [-0.2, 0) is 10.2 Å². The van der Waals surface area contributed by atoms with Crippen LogP contribution in [0.25, 0.3) is 5.52 Å². The summed E-state index contributed by atoms with van der Waals surface area (Å²) >= 11 is 6.13. The maximum Gasteiger partial charge on any atom is 0.245 e. The third-order valence-electron chi connectivity index (χ3n) is 7.45. The van der Waals surface area contributed by atoms with Crippen LogP contribution in [0.2, 0.25) is 5.02 Å². The number of halogens is 1. The number of fused-ring (bicyclic) bond motifs is 1. The van der Waals surface area contributed by atoms with E-state index in [4.69, 9.17) is 21.7 Å². The molecule has 0 bridgehead atoms. The fourth-order valence-electron chi connectivity index (χ4n) is 5.54. The number of H-pyrrole nitrogens is 1. The molecule has 36 heavy (non-hydrogen) atoms. The predicted molar refractivity (Wildman–Crippen MR) is 140 cm³/mol. The Morgan fingerprint density at radius 1 is 1.08 bits per heavy atom. The number of aryl methyl sites for hydroxylation is 1. The van der Waals surface area contributed by atoms with Gasteiger partial charge in [-0.15, -0.1) is 5.10 Å². The Hall–Kier alpha value is -3.59. The quantitative estimate of drug-likeness (QED) is 0.420. The molecule has 10 heteroatoms. The van der Waals surface area contributed by atoms with Crippen LogP contribution >= 0.6 is 11.6 Å². The molecule has 0 radical (unpaired) electrons. The topological polar surface area (TPSA) is 94.5 Å². The molecule has 1 saturated heterocycles. The van der Waals surface area contributed by atoms with Crippen LogP contribution in [-0.4, -0.2) is 61.8 Å². The van der Waals surface area contributed by atoms with E-state index in [0.29, 0.717) is 48.8 Å². The van der Waals surface area contributed by atoms with Crippen molar-refractivity contribution < 1.29 is 4.79 Å². The average Bonchev–Trinajstić information content (AvgIpc) is 3.66. The highest BCUT2D eigenvalue weighted by atomic mass is 35.5. The molecule has 1 aliphatic heterocycles. The van der Waals surface area contributed by atoms with Crippen LogP contribution in [0, 0.1) is 6.92 Å². The van der Waals surface area contributed by atoms with Crippen molar-refractivity contribution in [2.24, 2.45) is 0 Å². The van der Waals surface area contributed by atoms with Crippen LogP contribution in [0.5, 0.6) is 0 Å². The normalized spacial score (nSPS) is 17.6. The molecule has 3 aromatic heterocycles. The Labute approximate surface area is 214 Å². The lowest BCUT2D eigenvalue weighted by Gasteiger charge is -2.40. The van der Waals surface area contributed by atoms with Crippen molar-refractivity contribution in [2.45, 2.75) is 38.0 Å². The molecule has 6 rings (SSSR count). The largest absolute Gasteiger partial charge is 0.338 e. The third kappa shape index (κ3) is 4.07. The fraction of sp³-hybridized carbons (Fsp3) is 0.385. The van der Waals surface area contributed by atoms with E-state index in [2.05, 4.69) is 20.4 Å². The Morgan fingerprint density at radius 3 is 2.53 bits per heavy atom. The zero-order chi connectivity index (χ0) is 24.7. The van der Waals surface area contributed by atoms with Gasteiger partial charge in [-0.3, -0.25) is 9.89 Å². The molecule has 4 aromatic rings. The number of hydrogen-bond acceptors (Lipinski definition) is 6. The first-order valence-electron chi connectivity index (χ1n) is 12.5. The van der Waals surface area contributed by atoms with E-state index >= 15 is 0 Å². The molecule has 1 aliphatic carbocycles. The van der Waals surface area contributed by atoms with E-state index in [1.165, 1.54) is 0 Å². The summed E-state index contributed by atoms with van der Waals surface area (Å²) < 4.78 is 1.83. The van der Waals surface area contributed by atoms with Gasteiger partial charge in [0.05, 0.1) is 5.41 Å². The number of benzene rings is 1. The van der Waals surface area contributed by atoms with E-state index in [9.17, 15) is 4.79 Å². The molecule has 1 amide bonds. The van der Waals surface area contributed by atoms with Crippen molar-refractivity contribution in [3.8, 4) is 0 Å². The second-order valence-electron chi connectivity index (χ2n) is 9.73. The Balaban J connectivity index is 1.20. The lowest BCUT2D eigenvalue weighted by atomic mass is 9.77. The van der Waals surface area contributed by atoms with Crippen LogP contribution in [0.4, 0.5) is 17.6 Å². The molecule has 2 fully saturated rings. The third-order valence-corrected chi connectivity index (χ3v) is 7.70. The van der Waals surface area contributed by atoms with E-state index in [1.807, 2.05) is 65.0 Å². The number of aromatic nitrogens is 5. The highest BCUT2D eigenvalue weighted by molar-refractivity contribution is 6.30. The first kappa shape index (κ1) is 22.8.